The molecular weight excluding hydrogens is 420 g/mol. The number of anilines is 1. The van der Waals surface area contributed by atoms with Gasteiger partial charge in [-0.1, -0.05) is 11.8 Å². The van der Waals surface area contributed by atoms with Crippen LogP contribution in [0.4, 0.5) is 5.69 Å². The molecule has 1 saturated heterocycles. The molecule has 0 aliphatic carbocycles. The molecule has 0 radical (unpaired) electrons. The van der Waals surface area contributed by atoms with Gasteiger partial charge < -0.3 is 20.5 Å². The first-order valence-electron chi connectivity index (χ1n) is 9.23. The van der Waals surface area contributed by atoms with Crippen LogP contribution in [0.1, 0.15) is 29.3 Å². The van der Waals surface area contributed by atoms with Gasteiger partial charge in [0.2, 0.25) is 11.8 Å². The van der Waals surface area contributed by atoms with Crippen molar-refractivity contribution in [1.82, 2.24) is 5.32 Å². The standard InChI is InChI=1S/C21H20N4O5S/c1-12(13-5-9-16(30-2)10-6-13)24-25-21-23-18(26)11-17(31-21)19(27)22-15-7-3-14(4-8-15)20(28)29/h3-10,17H,11H2,1-2H3,(H,22,27)(H,28,29)(H,23,25,26)/b24-12-/t17-/m1/s1. The summed E-state index contributed by atoms with van der Waals surface area (Å²) in [6.07, 6.45) is -0.0100. The molecule has 0 unspecified atom stereocenters. The monoisotopic (exact) mass is 440 g/mol. The number of rotatable bonds is 6. The second-order valence-corrected chi connectivity index (χ2v) is 7.74. The molecule has 2 amide bonds. The molecule has 31 heavy (non-hydrogen) atoms. The molecule has 1 atom stereocenters. The summed E-state index contributed by atoms with van der Waals surface area (Å²) in [6, 6.07) is 13.1. The Morgan fingerprint density at radius 2 is 1.77 bits per heavy atom. The van der Waals surface area contributed by atoms with E-state index in [1.807, 2.05) is 24.3 Å². The Kier molecular flexibility index (Phi) is 7.03. The van der Waals surface area contributed by atoms with Gasteiger partial charge in [-0.25, -0.2) is 4.79 Å². The molecule has 1 aliphatic heterocycles. The van der Waals surface area contributed by atoms with Crippen molar-refractivity contribution >= 4 is 46.1 Å². The van der Waals surface area contributed by atoms with Crippen molar-refractivity contribution in [3.63, 3.8) is 0 Å². The topological polar surface area (TPSA) is 129 Å². The van der Waals surface area contributed by atoms with E-state index in [0.29, 0.717) is 11.4 Å². The minimum Gasteiger partial charge on any atom is -0.497 e. The Balaban J connectivity index is 1.67. The predicted octanol–water partition coefficient (Wildman–Crippen LogP) is 2.73. The zero-order valence-corrected chi connectivity index (χ0v) is 17.6. The van der Waals surface area contributed by atoms with E-state index in [4.69, 9.17) is 9.84 Å². The van der Waals surface area contributed by atoms with Gasteiger partial charge in [-0.15, -0.1) is 5.10 Å². The fourth-order valence-electron chi connectivity index (χ4n) is 2.67. The molecule has 0 spiro atoms. The molecule has 10 heteroatoms. The van der Waals surface area contributed by atoms with Crippen LogP contribution in [-0.4, -0.2) is 46.1 Å². The van der Waals surface area contributed by atoms with Crippen molar-refractivity contribution in [3.05, 3.63) is 59.7 Å². The van der Waals surface area contributed by atoms with Gasteiger partial charge in [0.25, 0.3) is 0 Å². The van der Waals surface area contributed by atoms with Crippen LogP contribution in [0.15, 0.2) is 58.7 Å². The van der Waals surface area contributed by atoms with Gasteiger partial charge in [0.05, 0.1) is 18.4 Å². The quantitative estimate of drug-likeness (QED) is 0.468. The number of nitrogens with one attached hydrogen (secondary N) is 2. The Labute approximate surface area is 182 Å². The third kappa shape index (κ3) is 5.92. The predicted molar refractivity (Wildman–Crippen MR) is 119 cm³/mol. The number of methoxy groups -OCH3 is 1. The number of hydrogen-bond acceptors (Lipinski definition) is 7. The molecule has 1 heterocycles. The van der Waals surface area contributed by atoms with Crippen molar-refractivity contribution in [2.24, 2.45) is 10.2 Å². The number of benzene rings is 2. The van der Waals surface area contributed by atoms with Gasteiger partial charge in [0.1, 0.15) is 11.0 Å². The first kappa shape index (κ1) is 22.0. The highest BCUT2D eigenvalue weighted by atomic mass is 32.2. The molecule has 0 aromatic heterocycles. The number of amides is 2. The Morgan fingerprint density at radius 3 is 2.39 bits per heavy atom. The molecule has 9 nitrogen and oxygen atoms in total. The molecule has 3 N–H and O–H groups in total. The normalized spacial score (nSPS) is 17.7. The summed E-state index contributed by atoms with van der Waals surface area (Å²) < 4.78 is 5.13. The average molecular weight is 440 g/mol. The number of carbonyl (C=O) groups excluding carboxylic acids is 2. The number of thioether (sulfide) groups is 1. The SMILES string of the molecule is COc1ccc(/C(C)=N\N=C2\NC(=O)C[C@H](C(=O)Nc3ccc(C(=O)O)cc3)S2)cc1. The van der Waals surface area contributed by atoms with E-state index in [1.165, 1.54) is 24.3 Å². The molecule has 160 valence electrons. The van der Waals surface area contributed by atoms with Crippen molar-refractivity contribution < 1.29 is 24.2 Å². The summed E-state index contributed by atoms with van der Waals surface area (Å²) in [4.78, 5) is 35.5. The second-order valence-electron chi connectivity index (χ2n) is 6.55. The fourth-order valence-corrected chi connectivity index (χ4v) is 3.60. The Hall–Kier alpha value is -3.66. The molecule has 2 aromatic rings. The number of carboxylic acids is 1. The van der Waals surface area contributed by atoms with E-state index in [-0.39, 0.29) is 29.0 Å². The van der Waals surface area contributed by atoms with Gasteiger partial charge in [0, 0.05) is 12.1 Å². The van der Waals surface area contributed by atoms with E-state index >= 15 is 0 Å². The summed E-state index contributed by atoms with van der Waals surface area (Å²) in [5.41, 5.74) is 2.03. The number of hydrogen-bond donors (Lipinski definition) is 3. The first-order valence-corrected chi connectivity index (χ1v) is 10.1. The number of amidine groups is 1. The minimum atomic E-state index is -1.05. The average Bonchev–Trinajstić information content (AvgIpc) is 2.77. The maximum atomic E-state index is 12.6. The minimum absolute atomic E-state index is 0.0100. The van der Waals surface area contributed by atoms with Gasteiger partial charge in [-0.2, -0.15) is 5.10 Å². The van der Waals surface area contributed by atoms with E-state index in [1.54, 1.807) is 14.0 Å². The van der Waals surface area contributed by atoms with Crippen LogP contribution in [0.3, 0.4) is 0 Å². The summed E-state index contributed by atoms with van der Waals surface area (Å²) in [7, 11) is 1.59. The van der Waals surface area contributed by atoms with Crippen molar-refractivity contribution in [1.29, 1.82) is 0 Å². The van der Waals surface area contributed by atoms with Crippen molar-refractivity contribution in [2.45, 2.75) is 18.6 Å². The van der Waals surface area contributed by atoms with Gasteiger partial charge >= 0.3 is 5.97 Å². The summed E-state index contributed by atoms with van der Waals surface area (Å²) >= 11 is 1.10. The highest BCUT2D eigenvalue weighted by molar-refractivity contribution is 8.15. The van der Waals surface area contributed by atoms with Crippen LogP contribution >= 0.6 is 11.8 Å². The molecule has 1 fully saturated rings. The lowest BCUT2D eigenvalue weighted by atomic mass is 10.1. The van der Waals surface area contributed by atoms with Gasteiger partial charge in [0.15, 0.2) is 5.17 Å². The summed E-state index contributed by atoms with van der Waals surface area (Å²) in [6.45, 7) is 1.78. The lowest BCUT2D eigenvalue weighted by Crippen LogP contribution is -2.41. The first-order chi connectivity index (χ1) is 14.9. The summed E-state index contributed by atoms with van der Waals surface area (Å²) in [5, 5.41) is 22.0. The highest BCUT2D eigenvalue weighted by Gasteiger charge is 2.30. The molecule has 0 saturated carbocycles. The number of aromatic carboxylic acids is 1. The Bertz CT molecular complexity index is 1050. The number of carboxylic acid groups (broad SMARTS) is 1. The number of ether oxygens (including phenoxy) is 1. The highest BCUT2D eigenvalue weighted by Crippen LogP contribution is 2.23. The smallest absolute Gasteiger partial charge is 0.335 e. The largest absolute Gasteiger partial charge is 0.497 e. The zero-order valence-electron chi connectivity index (χ0n) is 16.8. The zero-order chi connectivity index (χ0) is 22.4. The van der Waals surface area contributed by atoms with Crippen LogP contribution in [0.25, 0.3) is 0 Å². The maximum Gasteiger partial charge on any atom is 0.335 e. The fraction of sp³-hybridized carbons (Fsp3) is 0.190. The van der Waals surface area contributed by atoms with Crippen LogP contribution in [-0.2, 0) is 9.59 Å². The van der Waals surface area contributed by atoms with Crippen LogP contribution < -0.4 is 15.4 Å². The number of carbonyl (C=O) groups is 3. The molecule has 1 aliphatic rings. The molecular formula is C21H20N4O5S. The Morgan fingerprint density at radius 1 is 1.13 bits per heavy atom. The number of nitrogens with zero attached hydrogens (tertiary/aromatic N) is 2. The molecule has 3 rings (SSSR count). The third-order valence-electron chi connectivity index (χ3n) is 4.36. The molecule has 0 bridgehead atoms. The lowest BCUT2D eigenvalue weighted by Gasteiger charge is -2.21. The lowest BCUT2D eigenvalue weighted by molar-refractivity contribution is -0.123. The summed E-state index contributed by atoms with van der Waals surface area (Å²) in [5.74, 6) is -1.05. The van der Waals surface area contributed by atoms with Gasteiger partial charge in [-0.3, -0.25) is 9.59 Å². The van der Waals surface area contributed by atoms with E-state index < -0.39 is 11.2 Å². The molecule has 2 aromatic carbocycles. The van der Waals surface area contributed by atoms with Crippen LogP contribution in [0.5, 0.6) is 5.75 Å². The van der Waals surface area contributed by atoms with Gasteiger partial charge in [-0.05, 0) is 61.0 Å². The van der Waals surface area contributed by atoms with Crippen molar-refractivity contribution in [3.8, 4) is 5.75 Å². The van der Waals surface area contributed by atoms with Crippen molar-refractivity contribution in [2.75, 3.05) is 12.4 Å². The van der Waals surface area contributed by atoms with Crippen LogP contribution in [0, 0.1) is 0 Å². The van der Waals surface area contributed by atoms with E-state index in [9.17, 15) is 14.4 Å². The maximum absolute atomic E-state index is 12.6. The van der Waals surface area contributed by atoms with E-state index in [2.05, 4.69) is 20.8 Å². The van der Waals surface area contributed by atoms with Crippen LogP contribution in [0.2, 0.25) is 0 Å². The van der Waals surface area contributed by atoms with E-state index in [0.717, 1.165) is 23.1 Å². The third-order valence-corrected chi connectivity index (χ3v) is 5.43. The second kappa shape index (κ2) is 9.90.